The van der Waals surface area contributed by atoms with Crippen LogP contribution in [0, 0.1) is 6.92 Å². The van der Waals surface area contributed by atoms with E-state index in [9.17, 15) is 8.42 Å². The molecule has 1 N–H and O–H groups in total. The second-order valence-corrected chi connectivity index (χ2v) is 9.70. The largest absolute Gasteiger partial charge is 0.494 e. The molecule has 0 saturated heterocycles. The summed E-state index contributed by atoms with van der Waals surface area (Å²) in [6, 6.07) is 16.9. The Morgan fingerprint density at radius 2 is 1.82 bits per heavy atom. The molecule has 4 rings (SSSR count). The van der Waals surface area contributed by atoms with Crippen molar-refractivity contribution in [1.29, 1.82) is 0 Å². The zero-order valence-corrected chi connectivity index (χ0v) is 19.8. The van der Waals surface area contributed by atoms with Gasteiger partial charge in [0.05, 0.1) is 36.0 Å². The molecule has 9 heteroatoms. The van der Waals surface area contributed by atoms with E-state index in [2.05, 4.69) is 14.6 Å². The molecule has 0 bridgehead atoms. The highest BCUT2D eigenvalue weighted by Crippen LogP contribution is 2.30. The molecule has 0 saturated carbocycles. The monoisotopic (exact) mass is 466 g/mol. The number of aryl methyl sites for hydroxylation is 1. The van der Waals surface area contributed by atoms with E-state index in [1.54, 1.807) is 25.3 Å². The summed E-state index contributed by atoms with van der Waals surface area (Å²) in [6.07, 6.45) is 1.11. The lowest BCUT2D eigenvalue weighted by molar-refractivity contribution is 0.310. The van der Waals surface area contributed by atoms with Gasteiger partial charge in [0.25, 0.3) is 0 Å². The molecule has 0 radical (unpaired) electrons. The molecule has 2 aromatic carbocycles. The van der Waals surface area contributed by atoms with Gasteiger partial charge in [-0.15, -0.1) is 0 Å². The number of pyridine rings is 1. The van der Waals surface area contributed by atoms with Crippen molar-refractivity contribution in [1.82, 2.24) is 14.9 Å². The Bertz CT molecular complexity index is 1400. The normalized spacial score (nSPS) is 11.8. The first-order chi connectivity index (χ1) is 15.7. The van der Waals surface area contributed by atoms with Crippen LogP contribution in [0.4, 0.5) is 5.69 Å². The zero-order valence-electron chi connectivity index (χ0n) is 19.0. The average molecular weight is 467 g/mol. The quantitative estimate of drug-likeness (QED) is 0.415. The van der Waals surface area contributed by atoms with Crippen molar-refractivity contribution in [3.05, 3.63) is 71.7 Å². The number of anilines is 1. The van der Waals surface area contributed by atoms with Gasteiger partial charge in [0.15, 0.2) is 0 Å². The third-order valence-electron chi connectivity index (χ3n) is 5.16. The van der Waals surface area contributed by atoms with Gasteiger partial charge in [-0.05, 0) is 38.2 Å². The molecule has 8 nitrogen and oxygen atoms in total. The first kappa shape index (κ1) is 22.8. The summed E-state index contributed by atoms with van der Waals surface area (Å²) in [5.74, 6) is 1.80. The van der Waals surface area contributed by atoms with Gasteiger partial charge in [-0.2, -0.15) is 0 Å². The van der Waals surface area contributed by atoms with E-state index in [0.29, 0.717) is 36.0 Å². The number of hydrogen-bond acceptors (Lipinski definition) is 7. The van der Waals surface area contributed by atoms with Gasteiger partial charge in [0.2, 0.25) is 15.9 Å². The standard InChI is InChI=1S/C24H26N4O4S/c1-16-21(26-24(32-16)19-9-5-6-10-20(19)27-33(4,29)30)15-28(2)14-18-13-12-17-8-7-11-22(31-3)23(17)25-18/h5-13,27H,14-15H2,1-4H3. The fourth-order valence-electron chi connectivity index (χ4n) is 3.65. The van der Waals surface area contributed by atoms with Crippen LogP contribution in [-0.2, 0) is 23.1 Å². The van der Waals surface area contributed by atoms with E-state index in [0.717, 1.165) is 34.3 Å². The minimum atomic E-state index is -3.43. The number of benzene rings is 2. The number of nitrogens with zero attached hydrogens (tertiary/aromatic N) is 3. The van der Waals surface area contributed by atoms with Gasteiger partial charge in [0.1, 0.15) is 17.0 Å². The lowest BCUT2D eigenvalue weighted by atomic mass is 10.2. The summed E-state index contributed by atoms with van der Waals surface area (Å²) >= 11 is 0. The van der Waals surface area contributed by atoms with E-state index < -0.39 is 10.0 Å². The highest BCUT2D eigenvalue weighted by atomic mass is 32.2. The number of ether oxygens (including phenoxy) is 1. The van der Waals surface area contributed by atoms with Crippen molar-refractivity contribution in [3.63, 3.8) is 0 Å². The van der Waals surface area contributed by atoms with E-state index >= 15 is 0 Å². The minimum Gasteiger partial charge on any atom is -0.494 e. The summed E-state index contributed by atoms with van der Waals surface area (Å²) in [4.78, 5) is 11.5. The van der Waals surface area contributed by atoms with Crippen molar-refractivity contribution in [2.24, 2.45) is 0 Å². The molecule has 0 aliphatic rings. The maximum atomic E-state index is 11.7. The highest BCUT2D eigenvalue weighted by Gasteiger charge is 2.17. The predicted molar refractivity (Wildman–Crippen MR) is 129 cm³/mol. The second-order valence-electron chi connectivity index (χ2n) is 7.95. The van der Waals surface area contributed by atoms with Crippen LogP contribution < -0.4 is 9.46 Å². The Morgan fingerprint density at radius 3 is 2.58 bits per heavy atom. The molecule has 2 aromatic heterocycles. The maximum absolute atomic E-state index is 11.7. The van der Waals surface area contributed by atoms with Crippen molar-refractivity contribution in [3.8, 4) is 17.2 Å². The number of fused-ring (bicyclic) bond motifs is 1. The van der Waals surface area contributed by atoms with Crippen molar-refractivity contribution >= 4 is 26.6 Å². The van der Waals surface area contributed by atoms with Crippen LogP contribution in [0.15, 0.2) is 59.0 Å². The Labute approximate surface area is 193 Å². The van der Waals surface area contributed by atoms with Crippen LogP contribution in [-0.4, -0.2) is 43.7 Å². The van der Waals surface area contributed by atoms with Crippen LogP contribution in [0.5, 0.6) is 5.75 Å². The Morgan fingerprint density at radius 1 is 1.03 bits per heavy atom. The minimum absolute atomic E-state index is 0.371. The number of oxazole rings is 1. The molecule has 33 heavy (non-hydrogen) atoms. The predicted octanol–water partition coefficient (Wildman–Crippen LogP) is 4.21. The van der Waals surface area contributed by atoms with Gasteiger partial charge in [-0.3, -0.25) is 9.62 Å². The number of hydrogen-bond donors (Lipinski definition) is 1. The van der Waals surface area contributed by atoms with Crippen LogP contribution in [0.25, 0.3) is 22.4 Å². The number of para-hydroxylation sites is 2. The molecule has 0 aliphatic heterocycles. The highest BCUT2D eigenvalue weighted by molar-refractivity contribution is 7.92. The molecule has 4 aromatic rings. The Balaban J connectivity index is 1.54. The zero-order chi connectivity index (χ0) is 23.6. The van der Waals surface area contributed by atoms with E-state index in [4.69, 9.17) is 14.1 Å². The summed E-state index contributed by atoms with van der Waals surface area (Å²) < 4.78 is 37.3. The summed E-state index contributed by atoms with van der Waals surface area (Å²) in [6.45, 7) is 3.01. The first-order valence-electron chi connectivity index (χ1n) is 10.4. The Kier molecular flexibility index (Phi) is 6.35. The fourth-order valence-corrected chi connectivity index (χ4v) is 4.23. The lowest BCUT2D eigenvalue weighted by Crippen LogP contribution is -2.18. The van der Waals surface area contributed by atoms with E-state index in [1.807, 2.05) is 50.4 Å². The number of sulfonamides is 1. The summed E-state index contributed by atoms with van der Waals surface area (Å²) in [5, 5.41) is 1.03. The molecule has 172 valence electrons. The average Bonchev–Trinajstić information content (AvgIpc) is 3.12. The van der Waals surface area contributed by atoms with Crippen LogP contribution >= 0.6 is 0 Å². The molecule has 0 spiro atoms. The number of aromatic nitrogens is 2. The third kappa shape index (κ3) is 5.32. The fraction of sp³-hybridized carbons (Fsp3) is 0.250. The van der Waals surface area contributed by atoms with Crippen LogP contribution in [0.2, 0.25) is 0 Å². The number of methoxy groups -OCH3 is 1. The topological polar surface area (TPSA) is 97.6 Å². The molecule has 0 aliphatic carbocycles. The Hall–Kier alpha value is -3.43. The molecular weight excluding hydrogens is 440 g/mol. The smallest absolute Gasteiger partial charge is 0.229 e. The van der Waals surface area contributed by atoms with Gasteiger partial charge in [0, 0.05) is 18.5 Å². The molecule has 2 heterocycles. The van der Waals surface area contributed by atoms with Gasteiger partial charge in [-0.1, -0.05) is 30.3 Å². The lowest BCUT2D eigenvalue weighted by Gasteiger charge is -2.15. The number of rotatable bonds is 8. The van der Waals surface area contributed by atoms with Crippen LogP contribution in [0.1, 0.15) is 17.1 Å². The summed E-state index contributed by atoms with van der Waals surface area (Å²) in [5.41, 5.74) is 3.54. The van der Waals surface area contributed by atoms with Crippen molar-refractivity contribution in [2.75, 3.05) is 25.1 Å². The van der Waals surface area contributed by atoms with Gasteiger partial charge in [-0.25, -0.2) is 18.4 Å². The molecular formula is C24H26N4O4S. The van der Waals surface area contributed by atoms with Crippen LogP contribution in [0.3, 0.4) is 0 Å². The molecule has 0 fully saturated rings. The maximum Gasteiger partial charge on any atom is 0.229 e. The van der Waals surface area contributed by atoms with Crippen molar-refractivity contribution in [2.45, 2.75) is 20.0 Å². The SMILES string of the molecule is COc1cccc2ccc(CN(C)Cc3nc(-c4ccccc4NS(C)(=O)=O)oc3C)nc12. The molecule has 0 amide bonds. The first-order valence-corrected chi connectivity index (χ1v) is 12.3. The van der Waals surface area contributed by atoms with Gasteiger partial charge >= 0.3 is 0 Å². The molecule has 0 atom stereocenters. The molecule has 0 unspecified atom stereocenters. The number of nitrogens with one attached hydrogen (secondary N) is 1. The van der Waals surface area contributed by atoms with Crippen molar-refractivity contribution < 1.29 is 17.6 Å². The van der Waals surface area contributed by atoms with Gasteiger partial charge < -0.3 is 9.15 Å². The van der Waals surface area contributed by atoms with E-state index in [-0.39, 0.29) is 0 Å². The summed E-state index contributed by atoms with van der Waals surface area (Å²) in [7, 11) is 0.201. The third-order valence-corrected chi connectivity index (χ3v) is 5.75. The van der Waals surface area contributed by atoms with E-state index in [1.165, 1.54) is 0 Å². The second kappa shape index (κ2) is 9.21.